The number of aromatic nitrogens is 3. The average Bonchev–Trinajstić information content (AvgIpc) is 2.83. The standard InChI is InChI=1S/C11H12N4/c1-7-13-11(15-14-7)9-6-12-10-5-3-2-4-8(9)10/h2-5,9,12H,6H2,1H3,(H,13,14,15). The first-order chi connectivity index (χ1) is 7.34. The lowest BCUT2D eigenvalue weighted by Gasteiger charge is -2.03. The van der Waals surface area contributed by atoms with Gasteiger partial charge in [-0.2, -0.15) is 5.10 Å². The molecule has 0 amide bonds. The maximum atomic E-state index is 4.38. The van der Waals surface area contributed by atoms with Crippen molar-refractivity contribution in [3.05, 3.63) is 41.5 Å². The van der Waals surface area contributed by atoms with Crippen LogP contribution in [-0.4, -0.2) is 21.7 Å². The van der Waals surface area contributed by atoms with Crippen molar-refractivity contribution in [2.45, 2.75) is 12.8 Å². The molecule has 15 heavy (non-hydrogen) atoms. The second-order valence-corrected chi connectivity index (χ2v) is 3.80. The molecule has 2 N–H and O–H groups in total. The van der Waals surface area contributed by atoms with Gasteiger partial charge in [0.05, 0.1) is 5.92 Å². The van der Waals surface area contributed by atoms with Gasteiger partial charge in [-0.3, -0.25) is 5.10 Å². The van der Waals surface area contributed by atoms with Gasteiger partial charge >= 0.3 is 0 Å². The van der Waals surface area contributed by atoms with Crippen LogP contribution in [0.15, 0.2) is 24.3 Å². The number of benzene rings is 1. The van der Waals surface area contributed by atoms with Gasteiger partial charge in [0.25, 0.3) is 0 Å². The summed E-state index contributed by atoms with van der Waals surface area (Å²) in [6.07, 6.45) is 0. The molecule has 1 aromatic heterocycles. The molecule has 0 radical (unpaired) electrons. The maximum absolute atomic E-state index is 4.38. The molecule has 3 rings (SSSR count). The van der Waals surface area contributed by atoms with Crippen molar-refractivity contribution >= 4 is 5.69 Å². The number of aryl methyl sites for hydroxylation is 1. The second kappa shape index (κ2) is 3.08. The van der Waals surface area contributed by atoms with Gasteiger partial charge < -0.3 is 5.32 Å². The van der Waals surface area contributed by atoms with E-state index in [1.165, 1.54) is 11.3 Å². The van der Waals surface area contributed by atoms with Gasteiger partial charge in [-0.1, -0.05) is 18.2 Å². The number of aromatic amines is 1. The highest BCUT2D eigenvalue weighted by Crippen LogP contribution is 2.33. The van der Waals surface area contributed by atoms with Gasteiger partial charge in [0.1, 0.15) is 5.82 Å². The highest BCUT2D eigenvalue weighted by molar-refractivity contribution is 5.59. The Morgan fingerprint density at radius 1 is 1.33 bits per heavy atom. The van der Waals surface area contributed by atoms with E-state index in [-0.39, 0.29) is 5.92 Å². The Bertz CT molecular complexity index is 489. The normalized spacial score (nSPS) is 18.6. The van der Waals surface area contributed by atoms with Crippen LogP contribution in [0.2, 0.25) is 0 Å². The molecule has 0 aliphatic carbocycles. The molecule has 4 nitrogen and oxygen atoms in total. The SMILES string of the molecule is Cc1nc(C2CNc3ccccc32)n[nH]1. The lowest BCUT2D eigenvalue weighted by atomic mass is 10.0. The van der Waals surface area contributed by atoms with E-state index in [0.29, 0.717) is 0 Å². The molecule has 1 aromatic carbocycles. The van der Waals surface area contributed by atoms with Gasteiger partial charge in [0, 0.05) is 12.2 Å². The van der Waals surface area contributed by atoms with Crippen molar-refractivity contribution < 1.29 is 0 Å². The topological polar surface area (TPSA) is 53.6 Å². The van der Waals surface area contributed by atoms with Crippen LogP contribution in [0.4, 0.5) is 5.69 Å². The number of hydrogen-bond acceptors (Lipinski definition) is 3. The molecule has 1 unspecified atom stereocenters. The zero-order chi connectivity index (χ0) is 10.3. The van der Waals surface area contributed by atoms with Crippen molar-refractivity contribution in [3.63, 3.8) is 0 Å². The van der Waals surface area contributed by atoms with Gasteiger partial charge in [-0.15, -0.1) is 0 Å². The summed E-state index contributed by atoms with van der Waals surface area (Å²) >= 11 is 0. The fraction of sp³-hybridized carbons (Fsp3) is 0.273. The van der Waals surface area contributed by atoms with Crippen LogP contribution in [0.3, 0.4) is 0 Å². The van der Waals surface area contributed by atoms with E-state index in [0.717, 1.165) is 18.2 Å². The minimum absolute atomic E-state index is 0.283. The summed E-state index contributed by atoms with van der Waals surface area (Å²) in [4.78, 5) is 4.38. The Hall–Kier alpha value is -1.84. The minimum atomic E-state index is 0.283. The number of nitrogens with one attached hydrogen (secondary N) is 2. The molecule has 2 aromatic rings. The zero-order valence-electron chi connectivity index (χ0n) is 8.49. The number of fused-ring (bicyclic) bond motifs is 1. The number of anilines is 1. The van der Waals surface area contributed by atoms with Crippen LogP contribution >= 0.6 is 0 Å². The van der Waals surface area contributed by atoms with E-state index in [4.69, 9.17) is 0 Å². The summed E-state index contributed by atoms with van der Waals surface area (Å²) in [5, 5.41) is 10.5. The van der Waals surface area contributed by atoms with Crippen LogP contribution in [0.1, 0.15) is 23.1 Å². The molecule has 76 valence electrons. The van der Waals surface area contributed by atoms with Crippen LogP contribution in [0.5, 0.6) is 0 Å². The third-order valence-corrected chi connectivity index (χ3v) is 2.76. The highest BCUT2D eigenvalue weighted by atomic mass is 15.2. The zero-order valence-corrected chi connectivity index (χ0v) is 8.49. The van der Waals surface area contributed by atoms with Crippen molar-refractivity contribution in [2.75, 3.05) is 11.9 Å². The second-order valence-electron chi connectivity index (χ2n) is 3.80. The van der Waals surface area contributed by atoms with E-state index in [1.807, 2.05) is 13.0 Å². The minimum Gasteiger partial charge on any atom is -0.384 e. The first-order valence-corrected chi connectivity index (χ1v) is 5.06. The predicted molar refractivity (Wildman–Crippen MR) is 57.9 cm³/mol. The highest BCUT2D eigenvalue weighted by Gasteiger charge is 2.26. The van der Waals surface area contributed by atoms with E-state index >= 15 is 0 Å². The number of H-pyrrole nitrogens is 1. The van der Waals surface area contributed by atoms with Gasteiger partial charge in [-0.25, -0.2) is 4.98 Å². The molecule has 1 atom stereocenters. The number of rotatable bonds is 1. The summed E-state index contributed by atoms with van der Waals surface area (Å²) in [7, 11) is 0. The lowest BCUT2D eigenvalue weighted by molar-refractivity contribution is 0.815. The van der Waals surface area contributed by atoms with Crippen molar-refractivity contribution in [3.8, 4) is 0 Å². The van der Waals surface area contributed by atoms with E-state index in [9.17, 15) is 0 Å². The molecule has 0 bridgehead atoms. The summed E-state index contributed by atoms with van der Waals surface area (Å²) in [5.41, 5.74) is 2.49. The van der Waals surface area contributed by atoms with Crippen LogP contribution in [0.25, 0.3) is 0 Å². The Labute approximate surface area is 87.7 Å². The van der Waals surface area contributed by atoms with Crippen LogP contribution < -0.4 is 5.32 Å². The molecule has 1 aliphatic rings. The molecule has 0 saturated heterocycles. The molecule has 0 fully saturated rings. The summed E-state index contributed by atoms with van der Waals surface area (Å²) in [6, 6.07) is 8.32. The number of hydrogen-bond donors (Lipinski definition) is 2. The van der Waals surface area contributed by atoms with Crippen molar-refractivity contribution in [2.24, 2.45) is 0 Å². The van der Waals surface area contributed by atoms with E-state index < -0.39 is 0 Å². The van der Waals surface area contributed by atoms with Crippen molar-refractivity contribution in [1.29, 1.82) is 0 Å². The molecule has 0 spiro atoms. The van der Waals surface area contributed by atoms with Gasteiger partial charge in [-0.05, 0) is 18.6 Å². The van der Waals surface area contributed by atoms with E-state index in [1.54, 1.807) is 0 Å². The van der Waals surface area contributed by atoms with Crippen molar-refractivity contribution in [1.82, 2.24) is 15.2 Å². The van der Waals surface area contributed by atoms with E-state index in [2.05, 4.69) is 38.7 Å². The molecule has 4 heteroatoms. The fourth-order valence-electron chi connectivity index (χ4n) is 2.03. The monoisotopic (exact) mass is 200 g/mol. The molecular weight excluding hydrogens is 188 g/mol. The summed E-state index contributed by atoms with van der Waals surface area (Å²) < 4.78 is 0. The Morgan fingerprint density at radius 2 is 2.20 bits per heavy atom. The smallest absolute Gasteiger partial charge is 0.159 e. The summed E-state index contributed by atoms with van der Waals surface area (Å²) in [6.45, 7) is 2.81. The summed E-state index contributed by atoms with van der Waals surface area (Å²) in [5.74, 6) is 2.03. The Balaban J connectivity index is 2.04. The first-order valence-electron chi connectivity index (χ1n) is 5.06. The third kappa shape index (κ3) is 1.29. The Kier molecular flexibility index (Phi) is 1.74. The molecular formula is C11H12N4. The fourth-order valence-corrected chi connectivity index (χ4v) is 2.03. The lowest BCUT2D eigenvalue weighted by Crippen LogP contribution is -2.05. The number of nitrogens with zero attached hydrogens (tertiary/aromatic N) is 2. The average molecular weight is 200 g/mol. The molecule has 1 aliphatic heterocycles. The molecule has 2 heterocycles. The van der Waals surface area contributed by atoms with Crippen LogP contribution in [-0.2, 0) is 0 Å². The molecule has 0 saturated carbocycles. The maximum Gasteiger partial charge on any atom is 0.159 e. The van der Waals surface area contributed by atoms with Gasteiger partial charge in [0.15, 0.2) is 5.82 Å². The van der Waals surface area contributed by atoms with Crippen LogP contribution in [0, 0.1) is 6.92 Å². The quantitative estimate of drug-likeness (QED) is 0.736. The predicted octanol–water partition coefficient (Wildman–Crippen LogP) is 1.67. The van der Waals surface area contributed by atoms with Gasteiger partial charge in [0.2, 0.25) is 0 Å². The first kappa shape index (κ1) is 8.47. The number of para-hydroxylation sites is 1. The Morgan fingerprint density at radius 3 is 3.00 bits per heavy atom. The largest absolute Gasteiger partial charge is 0.384 e. The third-order valence-electron chi connectivity index (χ3n) is 2.76.